The number of ether oxygens (including phenoxy) is 3. The summed E-state index contributed by atoms with van der Waals surface area (Å²) in [6.07, 6.45) is 57.1. The number of unbranched alkanes of at least 4 members (excludes halogenated alkanes) is 22. The molecule has 72 heavy (non-hydrogen) atoms. The van der Waals surface area contributed by atoms with Crippen molar-refractivity contribution >= 4 is 11.9 Å². The van der Waals surface area contributed by atoms with Crippen LogP contribution >= 0.6 is 0 Å². The number of aliphatic hydroxyl groups is 5. The van der Waals surface area contributed by atoms with Crippen molar-refractivity contribution in [3.8, 4) is 0 Å². The molecule has 1 aliphatic rings. The third-order valence-corrected chi connectivity index (χ3v) is 12.9. The third-order valence-electron chi connectivity index (χ3n) is 12.9. The first kappa shape index (κ1) is 66.9. The van der Waals surface area contributed by atoms with E-state index in [1.54, 1.807) is 6.08 Å². The van der Waals surface area contributed by atoms with Crippen LogP contribution in [0.25, 0.3) is 0 Å². The Kier molecular flexibility index (Phi) is 46.4. The maximum atomic E-state index is 13.0. The second-order valence-electron chi connectivity index (χ2n) is 19.6. The Labute approximate surface area is 438 Å². The quantitative estimate of drug-likeness (QED) is 0.0195. The van der Waals surface area contributed by atoms with Gasteiger partial charge in [0.1, 0.15) is 24.4 Å². The molecule has 0 saturated carbocycles. The number of esters is 1. The van der Waals surface area contributed by atoms with Crippen molar-refractivity contribution in [2.24, 2.45) is 0 Å². The lowest BCUT2D eigenvalue weighted by Gasteiger charge is -2.40. The van der Waals surface area contributed by atoms with Crippen molar-refractivity contribution in [2.45, 2.75) is 269 Å². The molecule has 1 rings (SSSR count). The van der Waals surface area contributed by atoms with Gasteiger partial charge in [0.15, 0.2) is 6.29 Å². The second kappa shape index (κ2) is 50.0. The second-order valence-corrected chi connectivity index (χ2v) is 19.6. The Morgan fingerprint density at radius 3 is 1.51 bits per heavy atom. The lowest BCUT2D eigenvalue weighted by Crippen LogP contribution is -2.60. The van der Waals surface area contributed by atoms with E-state index in [2.05, 4.69) is 92.1 Å². The van der Waals surface area contributed by atoms with Crippen molar-refractivity contribution in [3.05, 3.63) is 85.1 Å². The van der Waals surface area contributed by atoms with E-state index in [0.717, 1.165) is 103 Å². The van der Waals surface area contributed by atoms with Crippen LogP contribution in [0.1, 0.15) is 226 Å². The number of hydrogen-bond donors (Lipinski definition) is 6. The molecule has 1 saturated heterocycles. The zero-order valence-corrected chi connectivity index (χ0v) is 45.4. The molecule has 7 unspecified atom stereocenters. The minimum atomic E-state index is -1.58. The smallest absolute Gasteiger partial charge is 0.305 e. The van der Waals surface area contributed by atoms with Crippen molar-refractivity contribution in [2.75, 3.05) is 19.8 Å². The number of nitrogens with one attached hydrogen (secondary N) is 1. The largest absolute Gasteiger partial charge is 0.465 e. The molecule has 11 heteroatoms. The molecule has 1 amide bonds. The van der Waals surface area contributed by atoms with E-state index < -0.39 is 49.5 Å². The van der Waals surface area contributed by atoms with Gasteiger partial charge in [-0.25, -0.2) is 0 Å². The highest BCUT2D eigenvalue weighted by molar-refractivity contribution is 5.76. The summed E-state index contributed by atoms with van der Waals surface area (Å²) in [5.41, 5.74) is 0. The maximum absolute atomic E-state index is 13.0. The molecule has 0 aromatic heterocycles. The van der Waals surface area contributed by atoms with E-state index in [1.807, 2.05) is 6.08 Å². The summed E-state index contributed by atoms with van der Waals surface area (Å²) in [5, 5.41) is 54.2. The highest BCUT2D eigenvalue weighted by Crippen LogP contribution is 2.23. The van der Waals surface area contributed by atoms with Gasteiger partial charge >= 0.3 is 5.97 Å². The topological polar surface area (TPSA) is 175 Å². The summed E-state index contributed by atoms with van der Waals surface area (Å²) >= 11 is 0. The van der Waals surface area contributed by atoms with E-state index in [-0.39, 0.29) is 18.5 Å². The summed E-state index contributed by atoms with van der Waals surface area (Å²) < 4.78 is 16.6. The highest BCUT2D eigenvalue weighted by atomic mass is 16.7. The molecule has 1 fully saturated rings. The summed E-state index contributed by atoms with van der Waals surface area (Å²) in [7, 11) is 0. The van der Waals surface area contributed by atoms with Gasteiger partial charge in [-0.2, -0.15) is 0 Å². The number of carbonyl (C=O) groups is 2. The molecule has 11 nitrogen and oxygen atoms in total. The van der Waals surface area contributed by atoms with E-state index in [0.29, 0.717) is 19.4 Å². The Hall–Kier alpha value is -3.16. The van der Waals surface area contributed by atoms with Crippen molar-refractivity contribution in [1.29, 1.82) is 0 Å². The van der Waals surface area contributed by atoms with Crippen LogP contribution in [0.5, 0.6) is 0 Å². The maximum Gasteiger partial charge on any atom is 0.305 e. The molecule has 0 aromatic rings. The average Bonchev–Trinajstić information content (AvgIpc) is 3.38. The predicted molar refractivity (Wildman–Crippen MR) is 296 cm³/mol. The van der Waals surface area contributed by atoms with Crippen LogP contribution in [-0.2, 0) is 23.8 Å². The van der Waals surface area contributed by atoms with Gasteiger partial charge < -0.3 is 45.1 Å². The first-order chi connectivity index (χ1) is 35.2. The lowest BCUT2D eigenvalue weighted by atomic mass is 9.99. The van der Waals surface area contributed by atoms with Crippen molar-refractivity contribution < 1.29 is 49.3 Å². The van der Waals surface area contributed by atoms with E-state index in [4.69, 9.17) is 14.2 Å². The molecule has 414 valence electrons. The van der Waals surface area contributed by atoms with E-state index in [9.17, 15) is 35.1 Å². The zero-order valence-electron chi connectivity index (χ0n) is 45.4. The molecule has 1 heterocycles. The molecular weight excluding hydrogens is 907 g/mol. The number of aliphatic hydroxyl groups excluding tert-OH is 5. The van der Waals surface area contributed by atoms with Crippen molar-refractivity contribution in [1.82, 2.24) is 5.32 Å². The van der Waals surface area contributed by atoms with Gasteiger partial charge in [-0.05, 0) is 96.3 Å². The fourth-order valence-electron chi connectivity index (χ4n) is 8.41. The summed E-state index contributed by atoms with van der Waals surface area (Å²) in [4.78, 5) is 25.0. The Balaban J connectivity index is 2.07. The monoisotopic (exact) mass is 1010 g/mol. The van der Waals surface area contributed by atoms with Crippen LogP contribution in [0, 0.1) is 0 Å². The Morgan fingerprint density at radius 1 is 0.528 bits per heavy atom. The lowest BCUT2D eigenvalue weighted by molar-refractivity contribution is -0.302. The molecule has 0 bridgehead atoms. The van der Waals surface area contributed by atoms with Crippen LogP contribution < -0.4 is 5.32 Å². The number of hydrogen-bond acceptors (Lipinski definition) is 10. The van der Waals surface area contributed by atoms with E-state index >= 15 is 0 Å². The highest BCUT2D eigenvalue weighted by Gasteiger charge is 2.44. The first-order valence-corrected chi connectivity index (χ1v) is 28.9. The predicted octanol–water partition coefficient (Wildman–Crippen LogP) is 13.0. The molecule has 0 aliphatic carbocycles. The van der Waals surface area contributed by atoms with Crippen LogP contribution in [0.2, 0.25) is 0 Å². The summed E-state index contributed by atoms with van der Waals surface area (Å²) in [6, 6.07) is -0.840. The van der Waals surface area contributed by atoms with Gasteiger partial charge in [0.05, 0.1) is 32.0 Å². The fraction of sp³-hybridized carbons (Fsp3) is 0.738. The van der Waals surface area contributed by atoms with Gasteiger partial charge in [-0.3, -0.25) is 9.59 Å². The van der Waals surface area contributed by atoms with Crippen LogP contribution in [-0.4, -0.2) is 100 Å². The van der Waals surface area contributed by atoms with Crippen LogP contribution in [0.3, 0.4) is 0 Å². The molecule has 6 N–H and O–H groups in total. The summed E-state index contributed by atoms with van der Waals surface area (Å²) in [5.74, 6) is -0.272. The normalized spacial score (nSPS) is 19.7. The number of carbonyl (C=O) groups excluding carboxylic acids is 2. The van der Waals surface area contributed by atoms with E-state index in [1.165, 1.54) is 96.3 Å². The molecule has 1 aliphatic heterocycles. The van der Waals surface area contributed by atoms with Gasteiger partial charge in [0.25, 0.3) is 0 Å². The van der Waals surface area contributed by atoms with Gasteiger partial charge in [0.2, 0.25) is 5.91 Å². The first-order valence-electron chi connectivity index (χ1n) is 28.9. The Morgan fingerprint density at radius 2 is 0.986 bits per heavy atom. The van der Waals surface area contributed by atoms with Crippen molar-refractivity contribution in [3.63, 3.8) is 0 Å². The molecule has 0 spiro atoms. The van der Waals surface area contributed by atoms with Gasteiger partial charge in [0, 0.05) is 12.8 Å². The zero-order chi connectivity index (χ0) is 52.4. The third kappa shape index (κ3) is 39.3. The fourth-order valence-corrected chi connectivity index (χ4v) is 8.41. The molecular formula is C61H105NO10. The number of allylic oxidation sites excluding steroid dienone is 12. The van der Waals surface area contributed by atoms with Crippen LogP contribution in [0.15, 0.2) is 85.1 Å². The number of amides is 1. The van der Waals surface area contributed by atoms with Crippen LogP contribution in [0.4, 0.5) is 0 Å². The number of rotatable bonds is 48. The molecule has 7 atom stereocenters. The minimum absolute atomic E-state index is 0.0662. The van der Waals surface area contributed by atoms with Gasteiger partial charge in [-0.1, -0.05) is 202 Å². The Bertz CT molecular complexity index is 1470. The average molecular weight is 1010 g/mol. The minimum Gasteiger partial charge on any atom is -0.465 e. The molecule has 0 aromatic carbocycles. The summed E-state index contributed by atoms with van der Waals surface area (Å²) in [6.45, 7) is 3.99. The molecule has 0 radical (unpaired) electrons. The SMILES string of the molecule is CC/C=C/CC/C=C/CC/C=C/C(O)C(COC1OC(CO)C(O)C(O)C1O)NC(=O)CCCCCCCCCCCCCCCC/C=C\C/C=C\CCOC(=O)CCCCCCC/C=C\C/C=C\CCC. The van der Waals surface area contributed by atoms with Gasteiger partial charge in [-0.15, -0.1) is 0 Å². The standard InChI is InChI=1S/C61H105NO10/c1-3-5-7-9-11-13-15-25-29-33-37-41-45-49-57(66)70-50-46-42-38-34-30-27-24-22-20-18-16-17-19-21-23-26-28-32-36-40-44-48-56(65)62-53(52-71-61-60(69)59(68)58(67)55(51-63)72-61)54(64)47-43-39-35-31-14-12-10-8-6-4-2/h6-9,13-15,27,30-31,38,42-43,47,53-55,58-61,63-64,67-69H,3-5,10-12,16-26,28-29,32-37,39-41,44-46,48-52H2,1-2H3,(H,62,65)/b8-6+,9-7-,15-13-,30-27-,31-14+,42-38-,47-43+.